The van der Waals surface area contributed by atoms with E-state index >= 15 is 0 Å². The van der Waals surface area contributed by atoms with Crippen LogP contribution in [0.2, 0.25) is 5.02 Å². The number of aryl methyl sites for hydroxylation is 1. The van der Waals surface area contributed by atoms with Crippen LogP contribution in [0.5, 0.6) is 0 Å². The quantitative estimate of drug-likeness (QED) is 0.587. The van der Waals surface area contributed by atoms with Crippen LogP contribution in [0.15, 0.2) is 30.7 Å². The van der Waals surface area contributed by atoms with E-state index in [1.165, 1.54) is 0 Å². The molecule has 3 N–H and O–H groups in total. The van der Waals surface area contributed by atoms with Crippen LogP contribution in [0.25, 0.3) is 22.6 Å². The highest BCUT2D eigenvalue weighted by molar-refractivity contribution is 6.34. The summed E-state index contributed by atoms with van der Waals surface area (Å²) in [4.78, 5) is 24.7. The number of hydrogen-bond donors (Lipinski definition) is 3. The van der Waals surface area contributed by atoms with E-state index in [0.29, 0.717) is 22.4 Å². The van der Waals surface area contributed by atoms with Gasteiger partial charge in [0, 0.05) is 26.3 Å². The summed E-state index contributed by atoms with van der Waals surface area (Å²) in [5, 5.41) is 11.0. The molecule has 3 aromatic heterocycles. The first kappa shape index (κ1) is 17.2. The smallest absolute Gasteiger partial charge is 0.225 e. The molecule has 0 spiro atoms. The van der Waals surface area contributed by atoms with Gasteiger partial charge in [-0.2, -0.15) is 5.10 Å². The lowest BCUT2D eigenvalue weighted by molar-refractivity contribution is -0.125. The van der Waals surface area contributed by atoms with E-state index < -0.39 is 0 Å². The summed E-state index contributed by atoms with van der Waals surface area (Å²) >= 11 is 6.50. The molecule has 1 saturated carbocycles. The fourth-order valence-electron chi connectivity index (χ4n) is 4.46. The number of anilines is 1. The van der Waals surface area contributed by atoms with E-state index in [1.54, 1.807) is 24.1 Å². The standard InChI is InChI=1S/C19H20ClN7O/c1-21-19(28)13-9-3-4-10(5-9)14(13)24-15-12(20)7-22-18-16(15)25-17(26-18)11-6-23-27(2)8-11/h3-4,6-10,13-14H,5H2,1-2H3,(H,21,28)(H2,22,24,25,26)/t9-,10+,13?,14-/m1/s1. The van der Waals surface area contributed by atoms with Gasteiger partial charge >= 0.3 is 0 Å². The zero-order valence-corrected chi connectivity index (χ0v) is 16.2. The maximum atomic E-state index is 12.5. The molecule has 0 aliphatic heterocycles. The van der Waals surface area contributed by atoms with Gasteiger partial charge in [-0.1, -0.05) is 23.8 Å². The summed E-state index contributed by atoms with van der Waals surface area (Å²) in [5.74, 6) is 1.16. The van der Waals surface area contributed by atoms with Crippen LogP contribution in [-0.4, -0.2) is 43.7 Å². The number of carbonyl (C=O) groups is 1. The van der Waals surface area contributed by atoms with Crippen LogP contribution in [-0.2, 0) is 11.8 Å². The number of rotatable bonds is 4. The van der Waals surface area contributed by atoms with Crippen molar-refractivity contribution in [3.63, 3.8) is 0 Å². The highest BCUT2D eigenvalue weighted by atomic mass is 35.5. The maximum Gasteiger partial charge on any atom is 0.225 e. The summed E-state index contributed by atoms with van der Waals surface area (Å²) in [7, 11) is 3.54. The minimum Gasteiger partial charge on any atom is -0.378 e. The van der Waals surface area contributed by atoms with E-state index in [0.717, 1.165) is 23.2 Å². The van der Waals surface area contributed by atoms with E-state index in [-0.39, 0.29) is 23.8 Å². The molecular formula is C19H20ClN7O. The Morgan fingerprint density at radius 3 is 2.89 bits per heavy atom. The number of hydrogen-bond acceptors (Lipinski definition) is 5. The van der Waals surface area contributed by atoms with Crippen molar-refractivity contribution in [2.45, 2.75) is 12.5 Å². The predicted molar refractivity (Wildman–Crippen MR) is 107 cm³/mol. The SMILES string of the molecule is CNC(=O)C1[C@@H]2C=C[C@@H](C2)[C@H]1Nc1c(Cl)cnc2nc(-c3cnn(C)c3)[nH]c12. The Morgan fingerprint density at radius 1 is 1.32 bits per heavy atom. The topological polar surface area (TPSA) is 101 Å². The molecule has 1 amide bonds. The van der Waals surface area contributed by atoms with Crippen molar-refractivity contribution < 1.29 is 4.79 Å². The van der Waals surface area contributed by atoms with Crippen LogP contribution in [0.3, 0.4) is 0 Å². The molecule has 0 aromatic carbocycles. The van der Waals surface area contributed by atoms with Crippen molar-refractivity contribution >= 4 is 34.4 Å². The summed E-state index contributed by atoms with van der Waals surface area (Å²) in [6.45, 7) is 0. The fraction of sp³-hybridized carbons (Fsp3) is 0.368. The van der Waals surface area contributed by atoms with Crippen LogP contribution in [0.1, 0.15) is 6.42 Å². The van der Waals surface area contributed by atoms with Crippen LogP contribution >= 0.6 is 11.6 Å². The minimum atomic E-state index is -0.125. The first-order valence-electron chi connectivity index (χ1n) is 9.25. The van der Waals surface area contributed by atoms with Gasteiger partial charge in [0.1, 0.15) is 11.3 Å². The number of aromatic amines is 1. The highest BCUT2D eigenvalue weighted by Crippen LogP contribution is 2.46. The Bertz CT molecular complexity index is 1100. The van der Waals surface area contributed by atoms with Crippen LogP contribution in [0, 0.1) is 17.8 Å². The Balaban J connectivity index is 1.55. The average Bonchev–Trinajstić information content (AvgIpc) is 3.45. The molecule has 2 aliphatic rings. The van der Waals surface area contributed by atoms with Gasteiger partial charge in [-0.15, -0.1) is 0 Å². The first-order valence-corrected chi connectivity index (χ1v) is 9.62. The molecule has 3 heterocycles. The highest BCUT2D eigenvalue weighted by Gasteiger charge is 2.48. The number of amides is 1. The van der Waals surface area contributed by atoms with Gasteiger partial charge in [-0.05, 0) is 18.3 Å². The lowest BCUT2D eigenvalue weighted by atomic mass is 9.88. The molecule has 3 aromatic rings. The van der Waals surface area contributed by atoms with Gasteiger partial charge in [0.2, 0.25) is 5.91 Å². The third-order valence-corrected chi connectivity index (χ3v) is 6.06. The Labute approximate surface area is 166 Å². The van der Waals surface area contributed by atoms with Crippen LogP contribution in [0.4, 0.5) is 5.69 Å². The van der Waals surface area contributed by atoms with Gasteiger partial charge in [0.05, 0.1) is 34.6 Å². The van der Waals surface area contributed by atoms with Gasteiger partial charge in [-0.3, -0.25) is 9.48 Å². The monoisotopic (exact) mass is 397 g/mol. The molecule has 144 valence electrons. The molecule has 2 aliphatic carbocycles. The molecule has 0 radical (unpaired) electrons. The number of allylic oxidation sites excluding steroid dienone is 1. The summed E-state index contributed by atoms with van der Waals surface area (Å²) in [6, 6.07) is -0.0248. The number of nitrogens with one attached hydrogen (secondary N) is 3. The number of fused-ring (bicyclic) bond motifs is 3. The number of carbonyl (C=O) groups excluding carboxylic acids is 1. The number of halogens is 1. The largest absolute Gasteiger partial charge is 0.378 e. The van der Waals surface area contributed by atoms with Gasteiger partial charge < -0.3 is 15.6 Å². The third-order valence-electron chi connectivity index (χ3n) is 5.77. The van der Waals surface area contributed by atoms with Crippen molar-refractivity contribution in [3.05, 3.63) is 35.8 Å². The minimum absolute atomic E-state index is 0.0248. The molecule has 5 rings (SSSR count). The first-order chi connectivity index (χ1) is 13.5. The third kappa shape index (κ3) is 2.59. The molecular weight excluding hydrogens is 378 g/mol. The van der Waals surface area contributed by atoms with Gasteiger partial charge in [0.25, 0.3) is 0 Å². The number of H-pyrrole nitrogens is 1. The van der Waals surface area contributed by atoms with Crippen molar-refractivity contribution in [1.29, 1.82) is 0 Å². The second kappa shape index (κ2) is 6.34. The van der Waals surface area contributed by atoms with E-state index in [1.807, 2.05) is 13.2 Å². The van der Waals surface area contributed by atoms with Crippen molar-refractivity contribution in [2.24, 2.45) is 24.8 Å². The van der Waals surface area contributed by atoms with Crippen molar-refractivity contribution in [2.75, 3.05) is 12.4 Å². The predicted octanol–water partition coefficient (Wildman–Crippen LogP) is 2.36. The van der Waals surface area contributed by atoms with Gasteiger partial charge in [-0.25, -0.2) is 9.97 Å². The Kier molecular flexibility index (Phi) is 3.90. The van der Waals surface area contributed by atoms with E-state index in [2.05, 4.69) is 42.8 Å². The molecule has 1 fully saturated rings. The zero-order chi connectivity index (χ0) is 19.4. The van der Waals surface area contributed by atoms with Gasteiger partial charge in [0.15, 0.2) is 5.65 Å². The van der Waals surface area contributed by atoms with Crippen molar-refractivity contribution in [1.82, 2.24) is 30.0 Å². The Morgan fingerprint density at radius 2 is 2.14 bits per heavy atom. The number of pyridine rings is 1. The Hall–Kier alpha value is -2.87. The molecule has 8 nitrogen and oxygen atoms in total. The number of aromatic nitrogens is 5. The fourth-order valence-corrected chi connectivity index (χ4v) is 4.66. The summed E-state index contributed by atoms with van der Waals surface area (Å²) < 4.78 is 1.72. The van der Waals surface area contributed by atoms with E-state index in [9.17, 15) is 4.79 Å². The zero-order valence-electron chi connectivity index (χ0n) is 15.5. The van der Waals surface area contributed by atoms with Crippen LogP contribution < -0.4 is 10.6 Å². The lowest BCUT2D eigenvalue weighted by Gasteiger charge is -2.28. The lowest BCUT2D eigenvalue weighted by Crippen LogP contribution is -2.42. The maximum absolute atomic E-state index is 12.5. The van der Waals surface area contributed by atoms with E-state index in [4.69, 9.17) is 11.6 Å². The molecule has 4 atom stereocenters. The molecule has 0 saturated heterocycles. The number of imidazole rings is 1. The molecule has 28 heavy (non-hydrogen) atoms. The second-order valence-corrected chi connectivity index (χ2v) is 7.83. The summed E-state index contributed by atoms with van der Waals surface area (Å²) in [5.41, 5.74) is 2.90. The number of nitrogens with zero attached hydrogens (tertiary/aromatic N) is 4. The summed E-state index contributed by atoms with van der Waals surface area (Å²) in [6.07, 6.45) is 10.6. The average molecular weight is 398 g/mol. The second-order valence-electron chi connectivity index (χ2n) is 7.43. The molecule has 1 unspecified atom stereocenters. The molecule has 9 heteroatoms. The molecule has 2 bridgehead atoms. The van der Waals surface area contributed by atoms with Crippen molar-refractivity contribution in [3.8, 4) is 11.4 Å². The normalized spacial score (nSPS) is 25.5.